The molecule has 3 rings (SSSR count). The highest BCUT2D eigenvalue weighted by atomic mass is 16.5. The summed E-state index contributed by atoms with van der Waals surface area (Å²) in [5.41, 5.74) is 2.38. The third-order valence-electron chi connectivity index (χ3n) is 3.20. The highest BCUT2D eigenvalue weighted by molar-refractivity contribution is 5.39. The molecule has 0 bridgehead atoms. The van der Waals surface area contributed by atoms with E-state index in [0.717, 1.165) is 31.0 Å². The van der Waals surface area contributed by atoms with Gasteiger partial charge in [-0.2, -0.15) is 0 Å². The van der Waals surface area contributed by atoms with Gasteiger partial charge >= 0.3 is 0 Å². The van der Waals surface area contributed by atoms with Gasteiger partial charge in [0.15, 0.2) is 0 Å². The van der Waals surface area contributed by atoms with Gasteiger partial charge in [-0.15, -0.1) is 0 Å². The number of ether oxygens (including phenoxy) is 1. The number of nitrogens with zero attached hydrogens (tertiary/aromatic N) is 1. The first-order valence-electron chi connectivity index (χ1n) is 6.28. The topological polar surface area (TPSA) is 34.1 Å². The molecule has 3 nitrogen and oxygen atoms in total. The van der Waals surface area contributed by atoms with Crippen LogP contribution in [0.1, 0.15) is 17.3 Å². The lowest BCUT2D eigenvalue weighted by atomic mass is 10.1. The van der Waals surface area contributed by atoms with Crippen molar-refractivity contribution in [3.8, 4) is 5.75 Å². The molecule has 0 spiro atoms. The van der Waals surface area contributed by atoms with Crippen LogP contribution in [0.25, 0.3) is 0 Å². The van der Waals surface area contributed by atoms with Crippen LogP contribution in [0.3, 0.4) is 0 Å². The standard InChI is InChI=1S/C15H16N2O/c1-2-7-15-13(6-1)14(11-18-15)17-10-8-12-5-3-4-9-16-12/h1-7,9,14,17H,8,10-11H2. The Hall–Kier alpha value is -1.87. The molecule has 1 aliphatic heterocycles. The minimum absolute atomic E-state index is 0.310. The monoisotopic (exact) mass is 240 g/mol. The van der Waals surface area contributed by atoms with E-state index in [0.29, 0.717) is 6.04 Å². The number of rotatable bonds is 4. The van der Waals surface area contributed by atoms with Crippen molar-refractivity contribution in [3.05, 3.63) is 59.9 Å². The molecular formula is C15H16N2O. The lowest BCUT2D eigenvalue weighted by Gasteiger charge is -2.11. The van der Waals surface area contributed by atoms with Gasteiger partial charge in [0.05, 0.1) is 6.04 Å². The molecule has 3 heteroatoms. The van der Waals surface area contributed by atoms with Crippen molar-refractivity contribution in [2.45, 2.75) is 12.5 Å². The largest absolute Gasteiger partial charge is 0.491 e. The molecule has 1 atom stereocenters. The van der Waals surface area contributed by atoms with E-state index in [4.69, 9.17) is 4.74 Å². The Kier molecular flexibility index (Phi) is 3.24. The van der Waals surface area contributed by atoms with Crippen LogP contribution in [0.4, 0.5) is 0 Å². The molecule has 1 aromatic carbocycles. The van der Waals surface area contributed by atoms with E-state index >= 15 is 0 Å². The molecule has 1 aliphatic rings. The lowest BCUT2D eigenvalue weighted by Crippen LogP contribution is -2.24. The van der Waals surface area contributed by atoms with Crippen molar-refractivity contribution in [1.29, 1.82) is 0 Å². The van der Waals surface area contributed by atoms with Crippen LogP contribution >= 0.6 is 0 Å². The van der Waals surface area contributed by atoms with Gasteiger partial charge < -0.3 is 10.1 Å². The number of hydrogen-bond donors (Lipinski definition) is 1. The second kappa shape index (κ2) is 5.19. The van der Waals surface area contributed by atoms with Crippen LogP contribution in [-0.4, -0.2) is 18.1 Å². The zero-order chi connectivity index (χ0) is 12.2. The van der Waals surface area contributed by atoms with Gasteiger partial charge in [-0.1, -0.05) is 24.3 Å². The van der Waals surface area contributed by atoms with Crippen molar-refractivity contribution in [3.63, 3.8) is 0 Å². The van der Waals surface area contributed by atoms with E-state index in [1.165, 1.54) is 5.56 Å². The summed E-state index contributed by atoms with van der Waals surface area (Å²) in [7, 11) is 0. The quantitative estimate of drug-likeness (QED) is 0.890. The Balaban J connectivity index is 1.56. The van der Waals surface area contributed by atoms with Gasteiger partial charge in [0.1, 0.15) is 12.4 Å². The van der Waals surface area contributed by atoms with Gasteiger partial charge in [0.2, 0.25) is 0 Å². The molecule has 0 saturated carbocycles. The highest BCUT2D eigenvalue weighted by Crippen LogP contribution is 2.31. The average molecular weight is 240 g/mol. The summed E-state index contributed by atoms with van der Waals surface area (Å²) in [4.78, 5) is 4.32. The van der Waals surface area contributed by atoms with Crippen molar-refractivity contribution >= 4 is 0 Å². The van der Waals surface area contributed by atoms with Crippen LogP contribution in [0, 0.1) is 0 Å². The summed E-state index contributed by atoms with van der Waals surface area (Å²) >= 11 is 0. The van der Waals surface area contributed by atoms with Crippen LogP contribution < -0.4 is 10.1 Å². The molecule has 0 fully saturated rings. The fourth-order valence-corrected chi connectivity index (χ4v) is 2.25. The minimum Gasteiger partial charge on any atom is -0.491 e. The molecule has 0 saturated heterocycles. The molecular weight excluding hydrogens is 224 g/mol. The Bertz CT molecular complexity index is 513. The lowest BCUT2D eigenvalue weighted by molar-refractivity contribution is 0.312. The third-order valence-corrected chi connectivity index (χ3v) is 3.20. The summed E-state index contributed by atoms with van der Waals surface area (Å²) < 4.78 is 5.64. The van der Waals surface area contributed by atoms with Gasteiger partial charge in [-0.25, -0.2) is 0 Å². The summed E-state index contributed by atoms with van der Waals surface area (Å²) in [6, 6.07) is 14.5. The molecule has 1 aromatic heterocycles. The minimum atomic E-state index is 0.310. The van der Waals surface area contributed by atoms with Crippen molar-refractivity contribution in [2.75, 3.05) is 13.2 Å². The second-order valence-electron chi connectivity index (χ2n) is 4.43. The number of hydrogen-bond acceptors (Lipinski definition) is 3. The maximum atomic E-state index is 5.64. The summed E-state index contributed by atoms with van der Waals surface area (Å²) in [6.07, 6.45) is 2.78. The van der Waals surface area contributed by atoms with E-state index in [9.17, 15) is 0 Å². The number of nitrogens with one attached hydrogen (secondary N) is 1. The SMILES string of the molecule is c1ccc(CCNC2COc3ccccc32)nc1. The molecule has 18 heavy (non-hydrogen) atoms. The Morgan fingerprint density at radius 2 is 2.06 bits per heavy atom. The Morgan fingerprint density at radius 3 is 2.94 bits per heavy atom. The normalized spacial score (nSPS) is 17.2. The van der Waals surface area contributed by atoms with Gasteiger partial charge in [0, 0.05) is 30.4 Å². The number of pyridine rings is 1. The van der Waals surface area contributed by atoms with Crippen LogP contribution in [0.2, 0.25) is 0 Å². The first-order valence-corrected chi connectivity index (χ1v) is 6.28. The van der Waals surface area contributed by atoms with Crippen LogP contribution in [-0.2, 0) is 6.42 Å². The van der Waals surface area contributed by atoms with Crippen molar-refractivity contribution in [2.24, 2.45) is 0 Å². The number of aromatic nitrogens is 1. The maximum Gasteiger partial charge on any atom is 0.124 e. The predicted octanol–water partition coefficient (Wildman–Crippen LogP) is 2.35. The molecule has 1 N–H and O–H groups in total. The first-order chi connectivity index (χ1) is 8.93. The highest BCUT2D eigenvalue weighted by Gasteiger charge is 2.22. The molecule has 0 aliphatic carbocycles. The second-order valence-corrected chi connectivity index (χ2v) is 4.43. The van der Waals surface area contributed by atoms with E-state index in [-0.39, 0.29) is 0 Å². The maximum absolute atomic E-state index is 5.64. The van der Waals surface area contributed by atoms with Gasteiger partial charge in [0.25, 0.3) is 0 Å². The van der Waals surface area contributed by atoms with E-state index in [1.54, 1.807) is 0 Å². The fourth-order valence-electron chi connectivity index (χ4n) is 2.25. The van der Waals surface area contributed by atoms with Gasteiger partial charge in [-0.3, -0.25) is 4.98 Å². The molecule has 0 radical (unpaired) electrons. The molecule has 2 aromatic rings. The summed E-state index contributed by atoms with van der Waals surface area (Å²) in [6.45, 7) is 1.64. The van der Waals surface area contributed by atoms with Crippen molar-refractivity contribution in [1.82, 2.24) is 10.3 Å². The fraction of sp³-hybridized carbons (Fsp3) is 0.267. The molecule has 0 amide bonds. The Morgan fingerprint density at radius 1 is 1.17 bits per heavy atom. The molecule has 92 valence electrons. The van der Waals surface area contributed by atoms with E-state index in [2.05, 4.69) is 28.5 Å². The third kappa shape index (κ3) is 2.36. The summed E-state index contributed by atoms with van der Waals surface area (Å²) in [5, 5.41) is 3.52. The van der Waals surface area contributed by atoms with Crippen LogP contribution in [0.15, 0.2) is 48.7 Å². The zero-order valence-electron chi connectivity index (χ0n) is 10.2. The average Bonchev–Trinajstić information content (AvgIpc) is 2.84. The van der Waals surface area contributed by atoms with Crippen LogP contribution in [0.5, 0.6) is 5.75 Å². The smallest absolute Gasteiger partial charge is 0.124 e. The number of fused-ring (bicyclic) bond motifs is 1. The van der Waals surface area contributed by atoms with Gasteiger partial charge in [-0.05, 0) is 18.2 Å². The summed E-state index contributed by atoms with van der Waals surface area (Å²) in [5.74, 6) is 1.01. The predicted molar refractivity (Wildman–Crippen MR) is 70.6 cm³/mol. The molecule has 2 heterocycles. The molecule has 1 unspecified atom stereocenters. The first kappa shape index (κ1) is 11.2. The van der Waals surface area contributed by atoms with E-state index < -0.39 is 0 Å². The Labute approximate surface area is 107 Å². The number of benzene rings is 1. The number of para-hydroxylation sites is 1. The van der Waals surface area contributed by atoms with Crippen molar-refractivity contribution < 1.29 is 4.74 Å². The zero-order valence-corrected chi connectivity index (χ0v) is 10.2. The van der Waals surface area contributed by atoms with E-state index in [1.807, 2.05) is 30.5 Å².